The highest BCUT2D eigenvalue weighted by molar-refractivity contribution is 5.70. The molecule has 0 aromatic carbocycles. The minimum absolute atomic E-state index is 0.196. The third-order valence-corrected chi connectivity index (χ3v) is 2.91. The first-order valence-electron chi connectivity index (χ1n) is 5.06. The van der Waals surface area contributed by atoms with Gasteiger partial charge in [0.15, 0.2) is 0 Å². The zero-order valence-corrected chi connectivity index (χ0v) is 8.86. The van der Waals surface area contributed by atoms with Gasteiger partial charge in [-0.15, -0.1) is 0 Å². The molecule has 1 saturated carbocycles. The zero-order chi connectivity index (χ0) is 10.5. The number of rotatable bonds is 0. The van der Waals surface area contributed by atoms with Crippen molar-refractivity contribution in [1.82, 2.24) is 4.90 Å². The van der Waals surface area contributed by atoms with Crippen molar-refractivity contribution in [3.63, 3.8) is 0 Å². The molecule has 1 aliphatic carbocycles. The van der Waals surface area contributed by atoms with Gasteiger partial charge in [0.1, 0.15) is 5.60 Å². The molecule has 2 rings (SSSR count). The smallest absolute Gasteiger partial charge is 0.410 e. The van der Waals surface area contributed by atoms with Gasteiger partial charge in [-0.05, 0) is 27.2 Å². The average Bonchev–Trinajstić information content (AvgIpc) is 1.96. The predicted molar refractivity (Wildman–Crippen MR) is 50.8 cm³/mol. The van der Waals surface area contributed by atoms with Crippen molar-refractivity contribution >= 4 is 6.09 Å². The van der Waals surface area contributed by atoms with E-state index in [1.54, 1.807) is 4.90 Å². The molecule has 1 amide bonds. The molecule has 0 aromatic rings. The van der Waals surface area contributed by atoms with Gasteiger partial charge in [0, 0.05) is 18.5 Å². The number of likely N-dealkylation sites (tertiary alicyclic amines) is 1. The summed E-state index contributed by atoms with van der Waals surface area (Å²) in [6, 6.07) is 0.236. The van der Waals surface area contributed by atoms with Gasteiger partial charge in [0.05, 0.1) is 6.10 Å². The number of carbonyl (C=O) groups is 1. The van der Waals surface area contributed by atoms with E-state index in [4.69, 9.17) is 4.74 Å². The summed E-state index contributed by atoms with van der Waals surface area (Å²) < 4.78 is 5.23. The number of aliphatic hydroxyl groups excluding tert-OH is 1. The van der Waals surface area contributed by atoms with E-state index in [-0.39, 0.29) is 18.2 Å². The number of ether oxygens (including phenoxy) is 1. The van der Waals surface area contributed by atoms with Crippen LogP contribution < -0.4 is 0 Å². The summed E-state index contributed by atoms with van der Waals surface area (Å²) in [5.74, 6) is 0.308. The highest BCUT2D eigenvalue weighted by atomic mass is 16.6. The molecule has 0 spiro atoms. The van der Waals surface area contributed by atoms with Crippen LogP contribution in [0.1, 0.15) is 27.2 Å². The lowest BCUT2D eigenvalue weighted by Crippen LogP contribution is -2.70. The van der Waals surface area contributed by atoms with Crippen LogP contribution in [0.3, 0.4) is 0 Å². The Labute approximate surface area is 83.8 Å². The Morgan fingerprint density at radius 1 is 1.50 bits per heavy atom. The second kappa shape index (κ2) is 2.86. The van der Waals surface area contributed by atoms with Crippen molar-refractivity contribution in [2.24, 2.45) is 5.92 Å². The number of piperidine rings is 1. The first kappa shape index (κ1) is 9.77. The van der Waals surface area contributed by atoms with Crippen molar-refractivity contribution in [2.75, 3.05) is 6.54 Å². The van der Waals surface area contributed by atoms with Crippen molar-refractivity contribution in [1.29, 1.82) is 0 Å². The lowest BCUT2D eigenvalue weighted by atomic mass is 9.69. The molecule has 14 heavy (non-hydrogen) atoms. The molecule has 4 heteroatoms. The molecule has 0 aromatic heterocycles. The van der Waals surface area contributed by atoms with Crippen LogP contribution in [0.25, 0.3) is 0 Å². The molecule has 1 aliphatic heterocycles. The van der Waals surface area contributed by atoms with E-state index in [1.807, 2.05) is 20.8 Å². The fourth-order valence-corrected chi connectivity index (χ4v) is 2.01. The maximum Gasteiger partial charge on any atom is 0.410 e. The normalized spacial score (nSPS) is 35.4. The summed E-state index contributed by atoms with van der Waals surface area (Å²) in [7, 11) is 0. The van der Waals surface area contributed by atoms with Gasteiger partial charge in [-0.3, -0.25) is 0 Å². The van der Waals surface area contributed by atoms with Crippen molar-refractivity contribution in [3.05, 3.63) is 0 Å². The van der Waals surface area contributed by atoms with Crippen molar-refractivity contribution in [3.8, 4) is 0 Å². The molecular weight excluding hydrogens is 182 g/mol. The molecule has 0 radical (unpaired) electrons. The molecule has 3 atom stereocenters. The van der Waals surface area contributed by atoms with Gasteiger partial charge in [-0.2, -0.15) is 0 Å². The lowest BCUT2D eigenvalue weighted by molar-refractivity contribution is -0.142. The average molecular weight is 199 g/mol. The lowest BCUT2D eigenvalue weighted by Gasteiger charge is -2.57. The minimum Gasteiger partial charge on any atom is -0.444 e. The van der Waals surface area contributed by atoms with Crippen LogP contribution in [-0.4, -0.2) is 40.4 Å². The van der Waals surface area contributed by atoms with E-state index in [1.165, 1.54) is 0 Å². The maximum atomic E-state index is 11.6. The maximum absolute atomic E-state index is 11.6. The van der Waals surface area contributed by atoms with E-state index in [2.05, 4.69) is 0 Å². The molecule has 2 aliphatic rings. The Bertz CT molecular complexity index is 259. The second-order valence-electron chi connectivity index (χ2n) is 5.17. The number of hydrogen-bond donors (Lipinski definition) is 1. The van der Waals surface area contributed by atoms with Crippen LogP contribution >= 0.6 is 0 Å². The van der Waals surface area contributed by atoms with Crippen LogP contribution in [0, 0.1) is 5.92 Å². The van der Waals surface area contributed by atoms with Crippen LogP contribution in [0.5, 0.6) is 0 Å². The van der Waals surface area contributed by atoms with Gasteiger partial charge in [-0.1, -0.05) is 0 Å². The van der Waals surface area contributed by atoms with Gasteiger partial charge < -0.3 is 14.7 Å². The number of nitrogens with zero attached hydrogens (tertiary/aromatic N) is 1. The third kappa shape index (κ3) is 1.47. The molecule has 1 heterocycles. The van der Waals surface area contributed by atoms with Gasteiger partial charge in [0.25, 0.3) is 0 Å². The minimum atomic E-state index is -0.426. The fraction of sp³-hybridized carbons (Fsp3) is 0.900. The largest absolute Gasteiger partial charge is 0.444 e. The van der Waals surface area contributed by atoms with Crippen molar-refractivity contribution < 1.29 is 14.6 Å². The molecule has 2 fully saturated rings. The summed E-state index contributed by atoms with van der Waals surface area (Å²) in [5, 5.41) is 9.29. The predicted octanol–water partition coefficient (Wildman–Crippen LogP) is 0.986. The monoisotopic (exact) mass is 199 g/mol. The fourth-order valence-electron chi connectivity index (χ4n) is 2.01. The number of fused-ring (bicyclic) bond motifs is 1. The van der Waals surface area contributed by atoms with Gasteiger partial charge in [0.2, 0.25) is 0 Å². The van der Waals surface area contributed by atoms with E-state index < -0.39 is 5.60 Å². The highest BCUT2D eigenvalue weighted by Crippen LogP contribution is 2.42. The first-order valence-corrected chi connectivity index (χ1v) is 5.06. The number of carbonyl (C=O) groups excluding carboxylic acids is 1. The summed E-state index contributed by atoms with van der Waals surface area (Å²) in [6.07, 6.45) is 0.272. The molecule has 1 N–H and O–H groups in total. The number of hydrogen-bond acceptors (Lipinski definition) is 3. The topological polar surface area (TPSA) is 49.8 Å². The third-order valence-electron chi connectivity index (χ3n) is 2.91. The zero-order valence-electron chi connectivity index (χ0n) is 8.86. The van der Waals surface area contributed by atoms with Crippen LogP contribution in [0.2, 0.25) is 0 Å². The van der Waals surface area contributed by atoms with E-state index in [9.17, 15) is 9.90 Å². The standard InChI is InChI=1S/C10H17NO3/c1-10(2,3)14-9(13)11-5-6-7(11)4-8(6)12/h6-8,12H,4-5H2,1-3H3/t6-,7?,8-/m0/s1. The summed E-state index contributed by atoms with van der Waals surface area (Å²) in [4.78, 5) is 13.3. The molecule has 4 nitrogen and oxygen atoms in total. The number of aliphatic hydroxyl groups is 1. The van der Waals surface area contributed by atoms with Crippen LogP contribution in [-0.2, 0) is 4.74 Å². The SMILES string of the molecule is CC(C)(C)OC(=O)N1C[C@H]2C1C[C@@H]2O. The highest BCUT2D eigenvalue weighted by Gasteiger charge is 2.54. The van der Waals surface area contributed by atoms with Gasteiger partial charge >= 0.3 is 6.09 Å². The molecule has 1 saturated heterocycles. The molecule has 0 bridgehead atoms. The summed E-state index contributed by atoms with van der Waals surface area (Å²) in [5.41, 5.74) is -0.426. The van der Waals surface area contributed by atoms with E-state index >= 15 is 0 Å². The second-order valence-corrected chi connectivity index (χ2v) is 5.17. The first-order chi connectivity index (χ1) is 6.38. The Hall–Kier alpha value is -0.770. The Morgan fingerprint density at radius 2 is 2.14 bits per heavy atom. The molecule has 80 valence electrons. The van der Waals surface area contributed by atoms with Gasteiger partial charge in [-0.25, -0.2) is 4.79 Å². The quantitative estimate of drug-likeness (QED) is 0.633. The Balaban J connectivity index is 1.84. The molecule has 1 unspecified atom stereocenters. The van der Waals surface area contributed by atoms with E-state index in [0.29, 0.717) is 18.9 Å². The van der Waals surface area contributed by atoms with Crippen molar-refractivity contribution in [2.45, 2.75) is 44.9 Å². The summed E-state index contributed by atoms with van der Waals surface area (Å²) in [6.45, 7) is 6.23. The van der Waals surface area contributed by atoms with E-state index in [0.717, 1.165) is 0 Å². The number of amides is 1. The van der Waals surface area contributed by atoms with Crippen LogP contribution in [0.4, 0.5) is 4.79 Å². The van der Waals surface area contributed by atoms with Crippen LogP contribution in [0.15, 0.2) is 0 Å². The Kier molecular flexibility index (Phi) is 2.00. The molecular formula is C10H17NO3. The Morgan fingerprint density at radius 3 is 2.50 bits per heavy atom. The summed E-state index contributed by atoms with van der Waals surface area (Å²) >= 11 is 0.